The quantitative estimate of drug-likeness (QED) is 0.913. The van der Waals surface area contributed by atoms with Crippen molar-refractivity contribution < 1.29 is 14.6 Å². The Labute approximate surface area is 111 Å². The van der Waals surface area contributed by atoms with E-state index in [-0.39, 0.29) is 6.42 Å². The molecule has 0 saturated carbocycles. The molecule has 0 aliphatic carbocycles. The monoisotopic (exact) mass is 260 g/mol. The minimum Gasteiger partial charge on any atom is -0.496 e. The number of hydrogen-bond donors (Lipinski definition) is 1. The van der Waals surface area contributed by atoms with Gasteiger partial charge in [0.1, 0.15) is 11.6 Å². The summed E-state index contributed by atoms with van der Waals surface area (Å²) in [6, 6.07) is 5.78. The minimum absolute atomic E-state index is 0.0291. The van der Waals surface area contributed by atoms with Gasteiger partial charge in [0.05, 0.1) is 13.5 Å². The molecule has 0 radical (unpaired) electrons. The molecule has 5 heteroatoms. The zero-order valence-electron chi connectivity index (χ0n) is 11.2. The summed E-state index contributed by atoms with van der Waals surface area (Å²) in [5.41, 5.74) is 2.64. The van der Waals surface area contributed by atoms with Crippen LogP contribution in [0.5, 0.6) is 5.75 Å². The number of aromatic nitrogens is 2. The van der Waals surface area contributed by atoms with Crippen LogP contribution in [0.4, 0.5) is 0 Å². The molecule has 1 aromatic carbocycles. The van der Waals surface area contributed by atoms with Crippen LogP contribution in [-0.2, 0) is 18.3 Å². The average Bonchev–Trinajstić information content (AvgIpc) is 2.70. The fraction of sp³-hybridized carbons (Fsp3) is 0.286. The number of rotatable bonds is 4. The van der Waals surface area contributed by atoms with Crippen LogP contribution in [-0.4, -0.2) is 27.7 Å². The Kier molecular flexibility index (Phi) is 3.55. The molecule has 1 N–H and O–H groups in total. The molecular formula is C14H16N2O3. The smallest absolute Gasteiger partial charge is 0.309 e. The molecule has 2 aromatic rings. The van der Waals surface area contributed by atoms with E-state index in [1.54, 1.807) is 17.9 Å². The largest absolute Gasteiger partial charge is 0.496 e. The maximum absolute atomic E-state index is 10.7. The molecule has 2 rings (SSSR count). The maximum Gasteiger partial charge on any atom is 0.309 e. The lowest BCUT2D eigenvalue weighted by Crippen LogP contribution is -2.05. The second kappa shape index (κ2) is 5.14. The molecule has 0 atom stereocenters. The summed E-state index contributed by atoms with van der Waals surface area (Å²) in [5, 5.41) is 8.83. The highest BCUT2D eigenvalue weighted by atomic mass is 16.5. The molecule has 0 unspecified atom stereocenters. The van der Waals surface area contributed by atoms with Gasteiger partial charge in [-0.2, -0.15) is 0 Å². The molecule has 100 valence electrons. The van der Waals surface area contributed by atoms with Crippen molar-refractivity contribution in [1.29, 1.82) is 0 Å². The van der Waals surface area contributed by atoms with Crippen molar-refractivity contribution in [1.82, 2.24) is 9.55 Å². The number of carboxylic acids is 1. The number of carbonyl (C=O) groups is 1. The molecular weight excluding hydrogens is 244 g/mol. The zero-order chi connectivity index (χ0) is 14.0. The van der Waals surface area contributed by atoms with Gasteiger partial charge in [0.15, 0.2) is 0 Å². The first kappa shape index (κ1) is 13.1. The van der Waals surface area contributed by atoms with E-state index in [9.17, 15) is 4.79 Å². The van der Waals surface area contributed by atoms with Gasteiger partial charge in [-0.25, -0.2) is 4.98 Å². The lowest BCUT2D eigenvalue weighted by atomic mass is 10.1. The normalized spacial score (nSPS) is 10.5. The molecule has 0 fully saturated rings. The second-order valence-electron chi connectivity index (χ2n) is 4.39. The van der Waals surface area contributed by atoms with Gasteiger partial charge in [-0.15, -0.1) is 0 Å². The van der Waals surface area contributed by atoms with Crippen LogP contribution in [0.3, 0.4) is 0 Å². The van der Waals surface area contributed by atoms with Gasteiger partial charge < -0.3 is 14.4 Å². The number of imidazole rings is 1. The third-order valence-electron chi connectivity index (χ3n) is 3.07. The van der Waals surface area contributed by atoms with E-state index in [1.165, 1.54) is 0 Å². The lowest BCUT2D eigenvalue weighted by Gasteiger charge is -2.08. The van der Waals surface area contributed by atoms with Crippen molar-refractivity contribution in [2.45, 2.75) is 13.3 Å². The van der Waals surface area contributed by atoms with Gasteiger partial charge in [-0.05, 0) is 30.7 Å². The first-order chi connectivity index (χ1) is 9.02. The Hall–Kier alpha value is -2.30. The van der Waals surface area contributed by atoms with E-state index >= 15 is 0 Å². The number of aliphatic carboxylic acids is 1. The molecule has 0 saturated heterocycles. The Bertz CT molecular complexity index is 617. The Morgan fingerprint density at radius 1 is 1.47 bits per heavy atom. The summed E-state index contributed by atoms with van der Waals surface area (Å²) >= 11 is 0. The van der Waals surface area contributed by atoms with Crippen LogP contribution in [0.2, 0.25) is 0 Å². The van der Waals surface area contributed by atoms with Crippen LogP contribution in [0.15, 0.2) is 24.4 Å². The van der Waals surface area contributed by atoms with E-state index in [1.807, 2.05) is 32.2 Å². The average molecular weight is 260 g/mol. The van der Waals surface area contributed by atoms with Crippen molar-refractivity contribution in [3.8, 4) is 17.1 Å². The number of benzene rings is 1. The Balaban J connectivity index is 2.39. The molecule has 0 bridgehead atoms. The van der Waals surface area contributed by atoms with E-state index in [4.69, 9.17) is 9.84 Å². The summed E-state index contributed by atoms with van der Waals surface area (Å²) < 4.78 is 7.02. The second-order valence-corrected chi connectivity index (χ2v) is 4.39. The highest BCUT2D eigenvalue weighted by Crippen LogP contribution is 2.25. The van der Waals surface area contributed by atoms with Gasteiger partial charge in [-0.3, -0.25) is 4.79 Å². The Morgan fingerprint density at radius 2 is 2.21 bits per heavy atom. The van der Waals surface area contributed by atoms with Crippen molar-refractivity contribution in [2.24, 2.45) is 7.05 Å². The third-order valence-corrected chi connectivity index (χ3v) is 3.07. The topological polar surface area (TPSA) is 64.3 Å². The van der Waals surface area contributed by atoms with Crippen LogP contribution in [0, 0.1) is 6.92 Å². The van der Waals surface area contributed by atoms with Crippen LogP contribution < -0.4 is 4.74 Å². The summed E-state index contributed by atoms with van der Waals surface area (Å²) in [5.74, 6) is 0.714. The number of methoxy groups -OCH3 is 1. The molecule has 0 amide bonds. The summed E-state index contributed by atoms with van der Waals surface area (Å²) in [7, 11) is 3.45. The van der Waals surface area contributed by atoms with Crippen molar-refractivity contribution in [2.75, 3.05) is 7.11 Å². The number of carboxylic acid groups (broad SMARTS) is 1. The molecule has 0 aliphatic rings. The molecule has 1 aromatic heterocycles. The highest BCUT2D eigenvalue weighted by Gasteiger charge is 2.12. The molecule has 19 heavy (non-hydrogen) atoms. The summed E-state index contributed by atoms with van der Waals surface area (Å²) in [6.07, 6.45) is 1.57. The van der Waals surface area contributed by atoms with Crippen molar-refractivity contribution in [3.63, 3.8) is 0 Å². The third kappa shape index (κ3) is 2.59. The first-order valence-electron chi connectivity index (χ1n) is 5.90. The van der Waals surface area contributed by atoms with Crippen LogP contribution >= 0.6 is 0 Å². The molecule has 1 heterocycles. The van der Waals surface area contributed by atoms with Crippen LogP contribution in [0.25, 0.3) is 11.4 Å². The van der Waals surface area contributed by atoms with E-state index in [0.29, 0.717) is 5.69 Å². The maximum atomic E-state index is 10.7. The molecule has 0 aliphatic heterocycles. The summed E-state index contributed by atoms with van der Waals surface area (Å²) in [4.78, 5) is 15.0. The first-order valence-corrected chi connectivity index (χ1v) is 5.90. The van der Waals surface area contributed by atoms with Gasteiger partial charge in [0.2, 0.25) is 0 Å². The SMILES string of the molecule is COc1ccc(-c2ncc(CC(=O)O)n2C)cc1C. The van der Waals surface area contributed by atoms with E-state index < -0.39 is 5.97 Å². The molecule has 5 nitrogen and oxygen atoms in total. The minimum atomic E-state index is -0.861. The zero-order valence-corrected chi connectivity index (χ0v) is 11.2. The number of nitrogens with zero attached hydrogens (tertiary/aromatic N) is 2. The number of ether oxygens (including phenoxy) is 1. The van der Waals surface area contributed by atoms with Crippen molar-refractivity contribution in [3.05, 3.63) is 35.7 Å². The lowest BCUT2D eigenvalue weighted by molar-refractivity contribution is -0.136. The van der Waals surface area contributed by atoms with Gasteiger partial charge in [0.25, 0.3) is 0 Å². The fourth-order valence-corrected chi connectivity index (χ4v) is 2.05. The fourth-order valence-electron chi connectivity index (χ4n) is 2.05. The molecule has 0 spiro atoms. The predicted octanol–water partition coefficient (Wildman–Crippen LogP) is 2.03. The van der Waals surface area contributed by atoms with Crippen LogP contribution in [0.1, 0.15) is 11.3 Å². The highest BCUT2D eigenvalue weighted by molar-refractivity contribution is 5.70. The van der Waals surface area contributed by atoms with Gasteiger partial charge in [-0.1, -0.05) is 0 Å². The van der Waals surface area contributed by atoms with Crippen molar-refractivity contribution >= 4 is 5.97 Å². The summed E-state index contributed by atoms with van der Waals surface area (Å²) in [6.45, 7) is 1.96. The van der Waals surface area contributed by atoms with Gasteiger partial charge >= 0.3 is 5.97 Å². The number of hydrogen-bond acceptors (Lipinski definition) is 3. The predicted molar refractivity (Wildman–Crippen MR) is 71.3 cm³/mol. The standard InChI is InChI=1S/C14H16N2O3/c1-9-6-10(4-5-12(9)19-3)14-15-8-11(16(14)2)7-13(17)18/h4-6,8H,7H2,1-3H3,(H,17,18). The Morgan fingerprint density at radius 3 is 2.79 bits per heavy atom. The number of aryl methyl sites for hydroxylation is 1. The van der Waals surface area contributed by atoms with E-state index in [2.05, 4.69) is 4.98 Å². The van der Waals surface area contributed by atoms with Gasteiger partial charge in [0, 0.05) is 24.5 Å². The van der Waals surface area contributed by atoms with E-state index in [0.717, 1.165) is 22.7 Å².